The van der Waals surface area contributed by atoms with E-state index >= 15 is 0 Å². The average Bonchev–Trinajstić information content (AvgIpc) is 2.83. The molecule has 0 N–H and O–H groups in total. The molecule has 2 aliphatic rings. The van der Waals surface area contributed by atoms with Crippen LogP contribution in [0.15, 0.2) is 52.9 Å². The highest BCUT2D eigenvalue weighted by Gasteiger charge is 2.24. The Morgan fingerprint density at radius 1 is 0.706 bits per heavy atom. The molecule has 0 fully saturated rings. The highest BCUT2D eigenvalue weighted by molar-refractivity contribution is 6.22. The van der Waals surface area contributed by atoms with E-state index in [0.717, 1.165) is 11.5 Å². The van der Waals surface area contributed by atoms with Crippen LogP contribution >= 0.6 is 0 Å². The molecule has 0 saturated carbocycles. The lowest BCUT2D eigenvalue weighted by atomic mass is 10.0. The van der Waals surface area contributed by atoms with Crippen LogP contribution in [0.2, 0.25) is 0 Å². The van der Waals surface area contributed by atoms with Gasteiger partial charge in [0.25, 0.3) is 0 Å². The zero-order valence-electron chi connectivity index (χ0n) is 9.03. The molecule has 0 atom stereocenters. The fourth-order valence-corrected chi connectivity index (χ4v) is 2.91. The molecule has 0 spiro atoms. The van der Waals surface area contributed by atoms with Gasteiger partial charge < -0.3 is 4.42 Å². The monoisotopic (exact) mass is 216 g/mol. The first-order chi connectivity index (χ1) is 8.42. The molecule has 17 heavy (non-hydrogen) atoms. The third-order valence-electron chi connectivity index (χ3n) is 3.75. The normalized spacial score (nSPS) is 12.7. The summed E-state index contributed by atoms with van der Waals surface area (Å²) in [4.78, 5) is 0. The van der Waals surface area contributed by atoms with Crippen molar-refractivity contribution in [2.45, 2.75) is 0 Å². The molecule has 3 aromatic rings. The second-order valence-electron chi connectivity index (χ2n) is 4.66. The molecule has 5 rings (SSSR count). The van der Waals surface area contributed by atoms with Crippen molar-refractivity contribution in [3.05, 3.63) is 48.5 Å². The van der Waals surface area contributed by atoms with Crippen molar-refractivity contribution in [2.75, 3.05) is 0 Å². The predicted molar refractivity (Wildman–Crippen MR) is 70.2 cm³/mol. The smallest absolute Gasteiger partial charge is 0.178 e. The largest absolute Gasteiger partial charge is 0.449 e. The van der Waals surface area contributed by atoms with Crippen LogP contribution in [0.5, 0.6) is 0 Å². The molecule has 3 aromatic carbocycles. The van der Waals surface area contributed by atoms with Crippen LogP contribution in [0, 0.1) is 0 Å². The van der Waals surface area contributed by atoms with Crippen LogP contribution in [0.4, 0.5) is 0 Å². The first kappa shape index (κ1) is 7.91. The van der Waals surface area contributed by atoms with Gasteiger partial charge in [0, 0.05) is 5.39 Å². The molecule has 0 unspecified atom stereocenters. The van der Waals surface area contributed by atoms with Crippen LogP contribution in [0.25, 0.3) is 43.8 Å². The van der Waals surface area contributed by atoms with E-state index < -0.39 is 0 Å². The SMILES string of the molecule is c1cc2ccc3c(ccc4cc5oc-5c43)c2c1. The molecule has 1 aliphatic carbocycles. The number of hydrogen-bond donors (Lipinski definition) is 0. The summed E-state index contributed by atoms with van der Waals surface area (Å²) in [6.07, 6.45) is 0. The number of rotatable bonds is 0. The molecular formula is C16H8O. The van der Waals surface area contributed by atoms with E-state index in [2.05, 4.69) is 48.5 Å². The Kier molecular flexibility index (Phi) is 1.09. The first-order valence-corrected chi connectivity index (χ1v) is 5.80. The van der Waals surface area contributed by atoms with Gasteiger partial charge in [-0.05, 0) is 33.0 Å². The minimum atomic E-state index is 1.05. The van der Waals surface area contributed by atoms with Gasteiger partial charge in [0.1, 0.15) is 0 Å². The maximum absolute atomic E-state index is 5.46. The van der Waals surface area contributed by atoms with Gasteiger partial charge in [0.15, 0.2) is 11.5 Å². The van der Waals surface area contributed by atoms with E-state index in [1.807, 2.05) is 0 Å². The van der Waals surface area contributed by atoms with E-state index in [0.29, 0.717) is 0 Å². The van der Waals surface area contributed by atoms with Crippen molar-refractivity contribution in [1.29, 1.82) is 0 Å². The minimum absolute atomic E-state index is 1.05. The Hall–Kier alpha value is -2.28. The Balaban J connectivity index is 2.16. The lowest BCUT2D eigenvalue weighted by Gasteiger charge is -2.01. The van der Waals surface area contributed by atoms with Crippen molar-refractivity contribution >= 4 is 32.3 Å². The van der Waals surface area contributed by atoms with E-state index in [1.165, 1.54) is 32.3 Å². The molecule has 0 aromatic heterocycles. The Labute approximate surface area is 97.3 Å². The summed E-state index contributed by atoms with van der Waals surface area (Å²) >= 11 is 0. The van der Waals surface area contributed by atoms with Crippen LogP contribution in [0.1, 0.15) is 0 Å². The summed E-state index contributed by atoms with van der Waals surface area (Å²) in [7, 11) is 0. The van der Waals surface area contributed by atoms with Crippen molar-refractivity contribution in [2.24, 2.45) is 0 Å². The fourth-order valence-electron chi connectivity index (χ4n) is 2.91. The van der Waals surface area contributed by atoms with E-state index in [4.69, 9.17) is 4.42 Å². The molecule has 78 valence electrons. The van der Waals surface area contributed by atoms with Crippen molar-refractivity contribution < 1.29 is 4.42 Å². The lowest BCUT2D eigenvalue weighted by Crippen LogP contribution is -1.75. The average molecular weight is 216 g/mol. The Bertz CT molecular complexity index is 928. The predicted octanol–water partition coefficient (Wildman–Crippen LogP) is 4.72. The summed E-state index contributed by atoms with van der Waals surface area (Å²) in [5.74, 6) is 2.13. The van der Waals surface area contributed by atoms with Gasteiger partial charge in [0.2, 0.25) is 0 Å². The zero-order chi connectivity index (χ0) is 11.0. The summed E-state index contributed by atoms with van der Waals surface area (Å²) in [6.45, 7) is 0. The molecule has 0 bridgehead atoms. The van der Waals surface area contributed by atoms with Gasteiger partial charge in [-0.15, -0.1) is 0 Å². The molecule has 1 aliphatic heterocycles. The molecule has 0 radical (unpaired) electrons. The maximum atomic E-state index is 5.46. The molecule has 0 saturated heterocycles. The molecular weight excluding hydrogens is 208 g/mol. The zero-order valence-corrected chi connectivity index (χ0v) is 9.03. The summed E-state index contributed by atoms with van der Waals surface area (Å²) in [5, 5.41) is 7.84. The minimum Gasteiger partial charge on any atom is -0.449 e. The second kappa shape index (κ2) is 2.35. The second-order valence-corrected chi connectivity index (χ2v) is 4.66. The van der Waals surface area contributed by atoms with Crippen LogP contribution < -0.4 is 0 Å². The third-order valence-corrected chi connectivity index (χ3v) is 3.75. The van der Waals surface area contributed by atoms with Crippen molar-refractivity contribution in [1.82, 2.24) is 0 Å². The number of fused-ring (bicyclic) bond motifs is 7. The van der Waals surface area contributed by atoms with Gasteiger partial charge in [-0.3, -0.25) is 0 Å². The van der Waals surface area contributed by atoms with E-state index in [-0.39, 0.29) is 0 Å². The van der Waals surface area contributed by atoms with E-state index in [1.54, 1.807) is 0 Å². The number of hydrogen-bond acceptors (Lipinski definition) is 1. The van der Waals surface area contributed by atoms with Gasteiger partial charge in [0.05, 0.1) is 0 Å². The van der Waals surface area contributed by atoms with Crippen LogP contribution in [0.3, 0.4) is 0 Å². The Morgan fingerprint density at radius 3 is 2.59 bits per heavy atom. The fraction of sp³-hybridized carbons (Fsp3) is 0. The topological polar surface area (TPSA) is 13.1 Å². The van der Waals surface area contributed by atoms with Crippen LogP contribution in [-0.2, 0) is 0 Å². The maximum Gasteiger partial charge on any atom is 0.178 e. The third kappa shape index (κ3) is 0.828. The molecule has 1 heteroatoms. The summed E-state index contributed by atoms with van der Waals surface area (Å²) < 4.78 is 5.46. The molecule has 1 heterocycles. The lowest BCUT2D eigenvalue weighted by molar-refractivity contribution is 0.739. The Morgan fingerprint density at radius 2 is 1.59 bits per heavy atom. The van der Waals surface area contributed by atoms with Gasteiger partial charge >= 0.3 is 0 Å². The van der Waals surface area contributed by atoms with Gasteiger partial charge in [-0.1, -0.05) is 42.5 Å². The van der Waals surface area contributed by atoms with Crippen molar-refractivity contribution in [3.63, 3.8) is 0 Å². The summed E-state index contributed by atoms with van der Waals surface area (Å²) in [5.41, 5.74) is 0. The standard InChI is InChI=1S/C16H8O/c1-2-9-4-7-13-12(11(9)3-1)6-5-10-8-14-16(17-14)15(10)13/h1-8H. The van der Waals surface area contributed by atoms with Gasteiger partial charge in [-0.25, -0.2) is 0 Å². The first-order valence-electron chi connectivity index (χ1n) is 5.80. The van der Waals surface area contributed by atoms with E-state index in [9.17, 15) is 0 Å². The highest BCUT2D eigenvalue weighted by atomic mass is 16.4. The van der Waals surface area contributed by atoms with Crippen molar-refractivity contribution in [3.8, 4) is 11.5 Å². The quantitative estimate of drug-likeness (QED) is 0.341. The number of benzene rings is 2. The van der Waals surface area contributed by atoms with Gasteiger partial charge in [-0.2, -0.15) is 0 Å². The van der Waals surface area contributed by atoms with Crippen LogP contribution in [-0.4, -0.2) is 0 Å². The molecule has 0 amide bonds. The highest BCUT2D eigenvalue weighted by Crippen LogP contribution is 2.46. The molecule has 1 nitrogen and oxygen atoms in total. The summed E-state index contributed by atoms with van der Waals surface area (Å²) in [6, 6.07) is 17.4.